The number of aliphatic hydroxyl groups is 2. The molecule has 1 amide bonds. The first-order valence-corrected chi connectivity index (χ1v) is 32.1. The van der Waals surface area contributed by atoms with Crippen LogP contribution in [0.15, 0.2) is 24.3 Å². The van der Waals surface area contributed by atoms with E-state index in [9.17, 15) is 19.8 Å². The van der Waals surface area contributed by atoms with E-state index >= 15 is 0 Å². The molecule has 0 aromatic rings. The Labute approximate surface area is 443 Å². The largest absolute Gasteiger partial charge is 0.466 e. The Balaban J connectivity index is 3.34. The van der Waals surface area contributed by atoms with Crippen LogP contribution in [0.2, 0.25) is 0 Å². The number of ether oxygens (including phenoxy) is 1. The van der Waals surface area contributed by atoms with Crippen molar-refractivity contribution in [3.8, 4) is 0 Å². The fourth-order valence-electron chi connectivity index (χ4n) is 10.1. The monoisotopic (exact) mass is 1000 g/mol. The summed E-state index contributed by atoms with van der Waals surface area (Å²) in [7, 11) is 0. The van der Waals surface area contributed by atoms with E-state index in [1.165, 1.54) is 270 Å². The molecule has 0 spiro atoms. The number of esters is 1. The lowest BCUT2D eigenvalue weighted by molar-refractivity contribution is -0.143. The standard InChI is InChI=1S/C65H125NO5/c1-3-5-7-9-11-13-15-17-30-35-39-43-47-51-55-59-65(70)71-60-56-52-48-44-40-36-32-29-27-25-23-21-19-18-20-22-24-26-28-31-34-38-42-46-50-54-58-64(69)66-62(61-67)63(68)57-53-49-45-41-37-33-16-14-12-10-8-6-4-2/h11,13,17,30,62-63,67-68H,3-10,12,14-16,18-29,31-61H2,1-2H3,(H,66,69)/b13-11-,30-17-. The van der Waals surface area contributed by atoms with E-state index < -0.39 is 12.1 Å². The molecular weight excluding hydrogens is 875 g/mol. The van der Waals surface area contributed by atoms with Crippen LogP contribution in [0.1, 0.15) is 354 Å². The second kappa shape index (κ2) is 60.9. The van der Waals surface area contributed by atoms with Crippen molar-refractivity contribution in [3.05, 3.63) is 24.3 Å². The molecule has 0 aliphatic heterocycles. The van der Waals surface area contributed by atoms with Crippen molar-refractivity contribution >= 4 is 11.9 Å². The van der Waals surface area contributed by atoms with Gasteiger partial charge in [0.2, 0.25) is 5.91 Å². The number of amides is 1. The molecule has 420 valence electrons. The van der Waals surface area contributed by atoms with Gasteiger partial charge in [0.05, 0.1) is 25.4 Å². The van der Waals surface area contributed by atoms with Gasteiger partial charge in [-0.2, -0.15) is 0 Å². The van der Waals surface area contributed by atoms with Crippen LogP contribution in [-0.4, -0.2) is 47.4 Å². The Bertz CT molecular complexity index is 1110. The summed E-state index contributed by atoms with van der Waals surface area (Å²) in [5.74, 6) is -0.0278. The number of nitrogens with one attached hydrogen (secondary N) is 1. The van der Waals surface area contributed by atoms with Gasteiger partial charge >= 0.3 is 5.97 Å². The Kier molecular flexibility index (Phi) is 59.5. The summed E-state index contributed by atoms with van der Waals surface area (Å²) in [4.78, 5) is 24.5. The number of unbranched alkanes of at least 4 members (excludes halogenated alkanes) is 45. The number of carbonyl (C=O) groups excluding carboxylic acids is 2. The predicted octanol–water partition coefficient (Wildman–Crippen LogP) is 20.2. The smallest absolute Gasteiger partial charge is 0.305 e. The minimum atomic E-state index is -0.661. The van der Waals surface area contributed by atoms with Crippen molar-refractivity contribution in [2.24, 2.45) is 0 Å². The first kappa shape index (κ1) is 69.3. The molecule has 0 saturated carbocycles. The van der Waals surface area contributed by atoms with Gasteiger partial charge in [-0.1, -0.05) is 308 Å². The maximum Gasteiger partial charge on any atom is 0.305 e. The first-order chi connectivity index (χ1) is 35.0. The minimum absolute atomic E-state index is 0.00359. The van der Waals surface area contributed by atoms with Crippen LogP contribution in [-0.2, 0) is 14.3 Å². The molecule has 6 nitrogen and oxygen atoms in total. The van der Waals surface area contributed by atoms with E-state index in [0.717, 1.165) is 51.4 Å². The summed E-state index contributed by atoms with van der Waals surface area (Å²) in [6, 6.07) is -0.539. The Morgan fingerprint density at radius 2 is 0.704 bits per heavy atom. The van der Waals surface area contributed by atoms with Crippen LogP contribution in [0.4, 0.5) is 0 Å². The zero-order chi connectivity index (χ0) is 51.4. The molecule has 3 N–H and O–H groups in total. The van der Waals surface area contributed by atoms with Gasteiger partial charge in [0.25, 0.3) is 0 Å². The number of hydrogen-bond acceptors (Lipinski definition) is 5. The number of aliphatic hydroxyl groups excluding tert-OH is 2. The minimum Gasteiger partial charge on any atom is -0.466 e. The molecule has 6 heteroatoms. The highest BCUT2D eigenvalue weighted by atomic mass is 16.5. The summed E-state index contributed by atoms with van der Waals surface area (Å²) in [6.45, 7) is 4.94. The van der Waals surface area contributed by atoms with Crippen LogP contribution in [0.25, 0.3) is 0 Å². The molecule has 0 radical (unpaired) electrons. The second-order valence-corrected chi connectivity index (χ2v) is 22.1. The van der Waals surface area contributed by atoms with Gasteiger partial charge in [0.1, 0.15) is 0 Å². The quantitative estimate of drug-likeness (QED) is 0.0320. The highest BCUT2D eigenvalue weighted by Crippen LogP contribution is 2.18. The average Bonchev–Trinajstić information content (AvgIpc) is 3.37. The molecule has 0 fully saturated rings. The van der Waals surface area contributed by atoms with Gasteiger partial charge in [0, 0.05) is 12.8 Å². The highest BCUT2D eigenvalue weighted by molar-refractivity contribution is 5.76. The van der Waals surface area contributed by atoms with E-state index in [-0.39, 0.29) is 18.5 Å². The Morgan fingerprint density at radius 1 is 0.394 bits per heavy atom. The Hall–Kier alpha value is -1.66. The number of carbonyl (C=O) groups is 2. The first-order valence-electron chi connectivity index (χ1n) is 32.1. The molecule has 2 atom stereocenters. The van der Waals surface area contributed by atoms with Crippen molar-refractivity contribution in [2.75, 3.05) is 13.2 Å². The van der Waals surface area contributed by atoms with Crippen molar-refractivity contribution in [2.45, 2.75) is 366 Å². The molecule has 0 aliphatic rings. The van der Waals surface area contributed by atoms with Gasteiger partial charge in [0.15, 0.2) is 0 Å². The van der Waals surface area contributed by atoms with E-state index in [0.29, 0.717) is 25.9 Å². The van der Waals surface area contributed by atoms with Crippen LogP contribution in [0, 0.1) is 0 Å². The van der Waals surface area contributed by atoms with Crippen molar-refractivity contribution in [1.82, 2.24) is 5.32 Å². The Morgan fingerprint density at radius 3 is 1.10 bits per heavy atom. The molecule has 2 unspecified atom stereocenters. The SMILES string of the molecule is CCCCC/C=C\C/C=C\CCCCCCCC(=O)OCCCCCCCCCCCCCCCCCCCCCCCCCCCCC(=O)NC(CO)C(O)CCCCCCCCCCCCCCC. The molecule has 0 rings (SSSR count). The lowest BCUT2D eigenvalue weighted by Gasteiger charge is -2.22. The summed E-state index contributed by atoms with van der Waals surface area (Å²) in [6.07, 6.45) is 74.9. The topological polar surface area (TPSA) is 95.9 Å². The van der Waals surface area contributed by atoms with Crippen LogP contribution in [0.5, 0.6) is 0 Å². The third-order valence-corrected chi connectivity index (χ3v) is 15.0. The average molecular weight is 1000 g/mol. The molecule has 0 saturated heterocycles. The van der Waals surface area contributed by atoms with Crippen LogP contribution < -0.4 is 5.32 Å². The van der Waals surface area contributed by atoms with Crippen LogP contribution in [0.3, 0.4) is 0 Å². The summed E-state index contributed by atoms with van der Waals surface area (Å²) in [5.41, 5.74) is 0. The number of hydrogen-bond donors (Lipinski definition) is 3. The predicted molar refractivity (Wildman–Crippen MR) is 310 cm³/mol. The van der Waals surface area contributed by atoms with Gasteiger partial charge in [-0.15, -0.1) is 0 Å². The normalized spacial score (nSPS) is 12.7. The molecule has 0 heterocycles. The second-order valence-electron chi connectivity index (χ2n) is 22.1. The van der Waals surface area contributed by atoms with Crippen molar-refractivity contribution < 1.29 is 24.5 Å². The molecule has 71 heavy (non-hydrogen) atoms. The highest BCUT2D eigenvalue weighted by Gasteiger charge is 2.20. The third-order valence-electron chi connectivity index (χ3n) is 15.0. The lowest BCUT2D eigenvalue weighted by Crippen LogP contribution is -2.45. The summed E-state index contributed by atoms with van der Waals surface area (Å²) >= 11 is 0. The maximum absolute atomic E-state index is 12.5. The summed E-state index contributed by atoms with van der Waals surface area (Å²) in [5, 5.41) is 23.3. The molecule has 0 aliphatic carbocycles. The van der Waals surface area contributed by atoms with Gasteiger partial charge < -0.3 is 20.3 Å². The van der Waals surface area contributed by atoms with Gasteiger partial charge in [-0.3, -0.25) is 9.59 Å². The zero-order valence-electron chi connectivity index (χ0n) is 48.0. The van der Waals surface area contributed by atoms with Crippen LogP contribution >= 0.6 is 0 Å². The van der Waals surface area contributed by atoms with Gasteiger partial charge in [-0.25, -0.2) is 0 Å². The molecule has 0 bridgehead atoms. The third kappa shape index (κ3) is 57.5. The fourth-order valence-corrected chi connectivity index (χ4v) is 10.1. The van der Waals surface area contributed by atoms with E-state index in [1.807, 2.05) is 0 Å². The molecule has 0 aromatic carbocycles. The zero-order valence-corrected chi connectivity index (χ0v) is 48.0. The van der Waals surface area contributed by atoms with E-state index in [4.69, 9.17) is 4.74 Å². The summed E-state index contributed by atoms with van der Waals surface area (Å²) < 4.78 is 5.48. The van der Waals surface area contributed by atoms with E-state index in [2.05, 4.69) is 43.5 Å². The maximum atomic E-state index is 12.5. The van der Waals surface area contributed by atoms with Crippen molar-refractivity contribution in [1.29, 1.82) is 0 Å². The fraction of sp³-hybridized carbons (Fsp3) is 0.908. The van der Waals surface area contributed by atoms with Gasteiger partial charge in [-0.05, 0) is 57.8 Å². The number of allylic oxidation sites excluding steroid dienone is 4. The molecule has 0 aromatic heterocycles. The molecular formula is C65H125NO5. The van der Waals surface area contributed by atoms with E-state index in [1.54, 1.807) is 0 Å². The number of rotatable bonds is 60. The lowest BCUT2D eigenvalue weighted by atomic mass is 10.0. The van der Waals surface area contributed by atoms with Crippen molar-refractivity contribution in [3.63, 3.8) is 0 Å².